The van der Waals surface area contributed by atoms with Crippen molar-refractivity contribution in [3.63, 3.8) is 0 Å². The number of rotatable bonds is 10. The van der Waals surface area contributed by atoms with Crippen molar-refractivity contribution in [2.75, 3.05) is 6.54 Å². The summed E-state index contributed by atoms with van der Waals surface area (Å²) >= 11 is 0. The molecule has 5 heteroatoms. The second kappa shape index (κ2) is 11.9. The number of carbonyl (C=O) groups excluding carboxylic acids is 1. The summed E-state index contributed by atoms with van der Waals surface area (Å²) < 4.78 is 25.9. The Labute approximate surface area is 175 Å². The molecule has 1 amide bonds. The van der Waals surface area contributed by atoms with E-state index in [4.69, 9.17) is 0 Å². The Morgan fingerprint density at radius 2 is 1.83 bits per heavy atom. The third-order valence-electron chi connectivity index (χ3n) is 5.31. The minimum absolute atomic E-state index is 0.244. The van der Waals surface area contributed by atoms with Gasteiger partial charge in [-0.15, -0.1) is 0 Å². The molecule has 1 heterocycles. The molecule has 162 valence electrons. The van der Waals surface area contributed by atoms with Crippen molar-refractivity contribution in [3.05, 3.63) is 29.6 Å². The average molecular weight is 407 g/mol. The zero-order valence-electron chi connectivity index (χ0n) is 18.8. The van der Waals surface area contributed by atoms with Gasteiger partial charge in [0, 0.05) is 49.3 Å². The topological polar surface area (TPSA) is 33.2 Å². The summed E-state index contributed by atoms with van der Waals surface area (Å²) in [4.78, 5) is 19.0. The Bertz CT molecular complexity index is 706. The van der Waals surface area contributed by atoms with Gasteiger partial charge in [-0.05, 0) is 23.5 Å². The van der Waals surface area contributed by atoms with Gasteiger partial charge in [0.15, 0.2) is 0 Å². The lowest BCUT2D eigenvalue weighted by atomic mass is 9.87. The molecule has 0 spiro atoms. The highest BCUT2D eigenvalue weighted by atomic mass is 19.3. The number of carbonyl (C=O) groups is 1. The van der Waals surface area contributed by atoms with Gasteiger partial charge in [0.25, 0.3) is 0 Å². The van der Waals surface area contributed by atoms with E-state index in [9.17, 15) is 13.6 Å². The highest BCUT2D eigenvalue weighted by Crippen LogP contribution is 2.28. The van der Waals surface area contributed by atoms with Crippen molar-refractivity contribution in [2.24, 2.45) is 17.3 Å². The van der Waals surface area contributed by atoms with Gasteiger partial charge in [-0.1, -0.05) is 66.2 Å². The largest absolute Gasteiger partial charge is 0.338 e. The molecule has 1 aromatic rings. The quantitative estimate of drug-likeness (QED) is 0.452. The van der Waals surface area contributed by atoms with Crippen LogP contribution >= 0.6 is 0 Å². The molecule has 0 fully saturated rings. The summed E-state index contributed by atoms with van der Waals surface area (Å²) in [5.41, 5.74) is 0.571. The molecule has 0 bridgehead atoms. The molecule has 0 saturated heterocycles. The molecule has 2 atom stereocenters. The molecule has 0 N–H and O–H groups in total. The molecule has 0 radical (unpaired) electrons. The number of amides is 1. The lowest BCUT2D eigenvalue weighted by molar-refractivity contribution is -0.144. The predicted octanol–water partition coefficient (Wildman–Crippen LogP) is 5.93. The fourth-order valence-electron chi connectivity index (χ4n) is 2.96. The normalized spacial score (nSPS) is 13.6. The Morgan fingerprint density at radius 3 is 2.41 bits per heavy atom. The van der Waals surface area contributed by atoms with E-state index in [1.807, 2.05) is 6.07 Å². The van der Waals surface area contributed by atoms with Crippen LogP contribution < -0.4 is 0 Å². The van der Waals surface area contributed by atoms with E-state index in [2.05, 4.69) is 44.5 Å². The van der Waals surface area contributed by atoms with E-state index in [0.717, 1.165) is 30.4 Å². The molecule has 3 nitrogen and oxygen atoms in total. The molecule has 0 saturated carbocycles. The highest BCUT2D eigenvalue weighted by molar-refractivity contribution is 5.82. The first kappa shape index (κ1) is 25.1. The van der Waals surface area contributed by atoms with E-state index in [0.29, 0.717) is 19.0 Å². The van der Waals surface area contributed by atoms with Crippen LogP contribution in [0, 0.1) is 29.1 Å². The van der Waals surface area contributed by atoms with Crippen LogP contribution in [0.1, 0.15) is 78.4 Å². The lowest BCUT2D eigenvalue weighted by Crippen LogP contribution is -2.43. The van der Waals surface area contributed by atoms with Gasteiger partial charge >= 0.3 is 0 Å². The fraction of sp³-hybridized carbons (Fsp3) is 0.667. The van der Waals surface area contributed by atoms with Crippen LogP contribution in [0.25, 0.3) is 0 Å². The number of nitrogens with zero attached hydrogens (tertiary/aromatic N) is 2. The molecule has 1 rings (SSSR count). The molecule has 29 heavy (non-hydrogen) atoms. The Balaban J connectivity index is 3.02. The molecule has 0 aliphatic carbocycles. The SMILES string of the molecule is CCC(C)CC#Cc1cncc(CN(C[C@H](C)CC)C(=O)C(C)(C)CC(F)F)c1. The van der Waals surface area contributed by atoms with E-state index in [-0.39, 0.29) is 11.8 Å². The van der Waals surface area contributed by atoms with Crippen LogP contribution in [0.5, 0.6) is 0 Å². The summed E-state index contributed by atoms with van der Waals surface area (Å²) in [6.07, 6.45) is 3.33. The number of alkyl halides is 2. The average Bonchev–Trinajstić information content (AvgIpc) is 2.65. The number of halogens is 2. The smallest absolute Gasteiger partial charge is 0.239 e. The van der Waals surface area contributed by atoms with Gasteiger partial charge in [0.2, 0.25) is 12.3 Å². The number of aromatic nitrogens is 1. The molecule has 1 aromatic heterocycles. The lowest BCUT2D eigenvalue weighted by Gasteiger charge is -2.33. The van der Waals surface area contributed by atoms with Crippen LogP contribution in [0.4, 0.5) is 8.78 Å². The predicted molar refractivity (Wildman–Crippen MR) is 114 cm³/mol. The minimum Gasteiger partial charge on any atom is -0.338 e. The van der Waals surface area contributed by atoms with Crippen LogP contribution in [0.15, 0.2) is 18.5 Å². The first-order valence-electron chi connectivity index (χ1n) is 10.6. The summed E-state index contributed by atoms with van der Waals surface area (Å²) in [5.74, 6) is 6.93. The maximum atomic E-state index is 13.1. The number of pyridine rings is 1. The fourth-order valence-corrected chi connectivity index (χ4v) is 2.96. The van der Waals surface area contributed by atoms with Gasteiger partial charge in [0.05, 0.1) is 0 Å². The Morgan fingerprint density at radius 1 is 1.17 bits per heavy atom. The van der Waals surface area contributed by atoms with Crippen molar-refractivity contribution in [3.8, 4) is 11.8 Å². The molecule has 0 aromatic carbocycles. The van der Waals surface area contributed by atoms with Crippen molar-refractivity contribution in [1.82, 2.24) is 9.88 Å². The van der Waals surface area contributed by atoms with E-state index < -0.39 is 18.3 Å². The zero-order valence-corrected chi connectivity index (χ0v) is 18.8. The van der Waals surface area contributed by atoms with E-state index >= 15 is 0 Å². The van der Waals surface area contributed by atoms with Crippen molar-refractivity contribution in [1.29, 1.82) is 0 Å². The Hall–Kier alpha value is -1.96. The standard InChI is InChI=1S/C24H36F2N2O/c1-7-18(3)10-9-11-20-12-21(15-27-14-20)17-28(16-19(4)8-2)23(29)24(5,6)13-22(25)26/h12,14-15,18-19,22H,7-8,10,13,16-17H2,1-6H3/t18?,19-/m1/s1. The van der Waals surface area contributed by atoms with E-state index in [1.54, 1.807) is 31.1 Å². The summed E-state index contributed by atoms with van der Waals surface area (Å²) in [6, 6.07) is 1.94. The van der Waals surface area contributed by atoms with E-state index in [1.165, 1.54) is 0 Å². The van der Waals surface area contributed by atoms with Gasteiger partial charge in [-0.25, -0.2) is 8.78 Å². The molecule has 0 aliphatic heterocycles. The number of hydrogen-bond donors (Lipinski definition) is 0. The van der Waals surface area contributed by atoms with Crippen LogP contribution in [-0.2, 0) is 11.3 Å². The highest BCUT2D eigenvalue weighted by Gasteiger charge is 2.35. The third kappa shape index (κ3) is 8.94. The summed E-state index contributed by atoms with van der Waals surface area (Å²) in [6.45, 7) is 12.5. The van der Waals surface area contributed by atoms with Crippen molar-refractivity contribution >= 4 is 5.91 Å². The first-order valence-corrected chi connectivity index (χ1v) is 10.6. The molecular formula is C24H36F2N2O. The Kier molecular flexibility index (Phi) is 10.3. The number of hydrogen-bond acceptors (Lipinski definition) is 2. The third-order valence-corrected chi connectivity index (χ3v) is 5.31. The van der Waals surface area contributed by atoms with Gasteiger partial charge in [0.1, 0.15) is 0 Å². The van der Waals surface area contributed by atoms with Crippen molar-refractivity contribution < 1.29 is 13.6 Å². The summed E-state index contributed by atoms with van der Waals surface area (Å²) in [7, 11) is 0. The van der Waals surface area contributed by atoms with Crippen molar-refractivity contribution in [2.45, 2.75) is 80.2 Å². The van der Waals surface area contributed by atoms with Gasteiger partial charge < -0.3 is 4.90 Å². The van der Waals surface area contributed by atoms with Crippen LogP contribution in [0.3, 0.4) is 0 Å². The zero-order chi connectivity index (χ0) is 22.0. The maximum Gasteiger partial charge on any atom is 0.239 e. The second-order valence-electron chi connectivity index (χ2n) is 8.78. The molecular weight excluding hydrogens is 370 g/mol. The molecule has 1 unspecified atom stereocenters. The maximum absolute atomic E-state index is 13.1. The van der Waals surface area contributed by atoms with Crippen LogP contribution in [0.2, 0.25) is 0 Å². The van der Waals surface area contributed by atoms with Gasteiger partial charge in [-0.2, -0.15) is 0 Å². The minimum atomic E-state index is -2.51. The monoisotopic (exact) mass is 406 g/mol. The first-order chi connectivity index (χ1) is 13.6. The van der Waals surface area contributed by atoms with Crippen LogP contribution in [-0.4, -0.2) is 28.8 Å². The molecule has 0 aliphatic rings. The van der Waals surface area contributed by atoms with Gasteiger partial charge in [-0.3, -0.25) is 9.78 Å². The summed E-state index contributed by atoms with van der Waals surface area (Å²) in [5, 5.41) is 0. The second-order valence-corrected chi connectivity index (χ2v) is 8.78.